The van der Waals surface area contributed by atoms with Gasteiger partial charge < -0.3 is 9.47 Å². The Morgan fingerprint density at radius 3 is 2.92 bits per heavy atom. The maximum absolute atomic E-state index is 6.02. The van der Waals surface area contributed by atoms with Crippen molar-refractivity contribution >= 4 is 23.2 Å². The van der Waals surface area contributed by atoms with Gasteiger partial charge in [-0.15, -0.1) is 23.2 Å². The van der Waals surface area contributed by atoms with E-state index in [1.807, 2.05) is 0 Å². The molecule has 1 aliphatic heterocycles. The summed E-state index contributed by atoms with van der Waals surface area (Å²) >= 11 is 11.6. The van der Waals surface area contributed by atoms with E-state index in [1.54, 1.807) is 0 Å². The molecule has 2 atom stereocenters. The molecule has 1 aliphatic rings. The summed E-state index contributed by atoms with van der Waals surface area (Å²) in [5, 5.41) is 0.0183. The van der Waals surface area contributed by atoms with Gasteiger partial charge in [0, 0.05) is 19.1 Å². The average molecular weight is 227 g/mol. The highest BCUT2D eigenvalue weighted by molar-refractivity contribution is 6.20. The Kier molecular flexibility index (Phi) is 6.13. The van der Waals surface area contributed by atoms with Crippen LogP contribution < -0.4 is 0 Å². The summed E-state index contributed by atoms with van der Waals surface area (Å²) in [6.45, 7) is 1.46. The van der Waals surface area contributed by atoms with Crippen LogP contribution in [0.1, 0.15) is 25.7 Å². The van der Waals surface area contributed by atoms with Crippen LogP contribution in [0.4, 0.5) is 0 Å². The first-order chi connectivity index (χ1) is 6.34. The van der Waals surface area contributed by atoms with Crippen molar-refractivity contribution in [3.05, 3.63) is 0 Å². The first-order valence-corrected chi connectivity index (χ1v) is 5.75. The van der Waals surface area contributed by atoms with Crippen LogP contribution in [0.5, 0.6) is 0 Å². The van der Waals surface area contributed by atoms with Crippen LogP contribution in [-0.4, -0.2) is 30.8 Å². The van der Waals surface area contributed by atoms with Gasteiger partial charge in [0.2, 0.25) is 0 Å². The van der Waals surface area contributed by atoms with Gasteiger partial charge in [-0.3, -0.25) is 0 Å². The van der Waals surface area contributed by atoms with Crippen molar-refractivity contribution in [3.8, 4) is 0 Å². The lowest BCUT2D eigenvalue weighted by molar-refractivity contribution is -0.159. The molecule has 13 heavy (non-hydrogen) atoms. The number of halogens is 2. The Morgan fingerprint density at radius 2 is 2.23 bits per heavy atom. The predicted octanol–water partition coefficient (Wildman–Crippen LogP) is 2.77. The van der Waals surface area contributed by atoms with Crippen LogP contribution in [0.25, 0.3) is 0 Å². The molecule has 0 aromatic rings. The number of alkyl halides is 2. The summed E-state index contributed by atoms with van der Waals surface area (Å²) < 4.78 is 10.9. The minimum absolute atomic E-state index is 0.0183. The van der Waals surface area contributed by atoms with Gasteiger partial charge in [0.1, 0.15) is 0 Å². The van der Waals surface area contributed by atoms with E-state index in [1.165, 1.54) is 0 Å². The Bertz CT molecular complexity index is 133. The summed E-state index contributed by atoms with van der Waals surface area (Å²) in [5.41, 5.74) is 0. The fraction of sp³-hybridized carbons (Fsp3) is 1.00. The van der Waals surface area contributed by atoms with Gasteiger partial charge in [-0.25, -0.2) is 0 Å². The van der Waals surface area contributed by atoms with Crippen molar-refractivity contribution in [1.82, 2.24) is 0 Å². The molecule has 78 valence electrons. The molecule has 0 aromatic carbocycles. The maximum Gasteiger partial charge on any atom is 0.173 e. The Hall–Kier alpha value is 0.500. The molecule has 0 N–H and O–H groups in total. The highest BCUT2D eigenvalue weighted by Crippen LogP contribution is 2.20. The number of unbranched alkanes of at least 4 members (excludes halogenated alkanes) is 1. The van der Waals surface area contributed by atoms with Gasteiger partial charge in [-0.2, -0.15) is 0 Å². The zero-order chi connectivity index (χ0) is 9.52. The third-order valence-electron chi connectivity index (χ3n) is 2.01. The van der Waals surface area contributed by atoms with Crippen LogP contribution in [-0.2, 0) is 9.47 Å². The molecule has 1 rings (SSSR count). The summed E-state index contributed by atoms with van der Waals surface area (Å²) in [7, 11) is 0. The highest BCUT2D eigenvalue weighted by Gasteiger charge is 2.24. The lowest BCUT2D eigenvalue weighted by atomic mass is 10.2. The van der Waals surface area contributed by atoms with Crippen LogP contribution in [0.2, 0.25) is 0 Å². The van der Waals surface area contributed by atoms with Crippen LogP contribution in [0.3, 0.4) is 0 Å². The van der Waals surface area contributed by atoms with E-state index in [9.17, 15) is 0 Å². The third kappa shape index (κ3) is 4.50. The monoisotopic (exact) mass is 226 g/mol. The van der Waals surface area contributed by atoms with E-state index in [0.717, 1.165) is 32.3 Å². The molecule has 2 unspecified atom stereocenters. The van der Waals surface area contributed by atoms with Crippen LogP contribution in [0, 0.1) is 0 Å². The Balaban J connectivity index is 2.05. The van der Waals surface area contributed by atoms with Crippen molar-refractivity contribution in [2.75, 3.05) is 19.1 Å². The summed E-state index contributed by atoms with van der Waals surface area (Å²) in [5.74, 6) is 0.694. The first kappa shape index (κ1) is 11.6. The molecule has 1 fully saturated rings. The quantitative estimate of drug-likeness (QED) is 0.531. The number of rotatable bonds is 5. The normalized spacial score (nSPS) is 29.1. The van der Waals surface area contributed by atoms with E-state index < -0.39 is 0 Å². The Labute approximate surface area is 89.5 Å². The second-order valence-corrected chi connectivity index (χ2v) is 4.10. The molecule has 0 aromatic heterocycles. The average Bonchev–Trinajstić information content (AvgIpc) is 2.15. The molecule has 0 aliphatic carbocycles. The maximum atomic E-state index is 6.02. The third-order valence-corrected chi connectivity index (χ3v) is 2.70. The highest BCUT2D eigenvalue weighted by atomic mass is 35.5. The molecule has 4 heteroatoms. The molecule has 1 saturated heterocycles. The molecular formula is C9H16Cl2O2. The van der Waals surface area contributed by atoms with Gasteiger partial charge in [-0.05, 0) is 25.7 Å². The summed E-state index contributed by atoms with van der Waals surface area (Å²) in [6, 6.07) is 0. The lowest BCUT2D eigenvalue weighted by Gasteiger charge is -2.27. The minimum Gasteiger partial charge on any atom is -0.351 e. The summed E-state index contributed by atoms with van der Waals surface area (Å²) in [4.78, 5) is 0. The van der Waals surface area contributed by atoms with Crippen molar-refractivity contribution < 1.29 is 9.47 Å². The predicted molar refractivity (Wildman–Crippen MR) is 54.5 cm³/mol. The van der Waals surface area contributed by atoms with Gasteiger partial charge in [-0.1, -0.05) is 0 Å². The van der Waals surface area contributed by atoms with Gasteiger partial charge in [0.15, 0.2) is 6.29 Å². The van der Waals surface area contributed by atoms with Crippen molar-refractivity contribution in [2.45, 2.75) is 37.4 Å². The Morgan fingerprint density at radius 1 is 1.38 bits per heavy atom. The largest absolute Gasteiger partial charge is 0.351 e. The van der Waals surface area contributed by atoms with Crippen molar-refractivity contribution in [1.29, 1.82) is 0 Å². The molecule has 0 saturated carbocycles. The topological polar surface area (TPSA) is 18.5 Å². The smallest absolute Gasteiger partial charge is 0.173 e. The standard InChI is InChI=1S/C9H16Cl2O2/c10-5-1-2-6-12-9-8(11)4-3-7-13-9/h8-9H,1-7H2. The van der Waals surface area contributed by atoms with E-state index in [-0.39, 0.29) is 11.7 Å². The molecule has 0 spiro atoms. The van der Waals surface area contributed by atoms with Crippen molar-refractivity contribution in [3.63, 3.8) is 0 Å². The fourth-order valence-corrected chi connectivity index (χ4v) is 1.76. The van der Waals surface area contributed by atoms with E-state index in [2.05, 4.69) is 0 Å². The van der Waals surface area contributed by atoms with E-state index >= 15 is 0 Å². The van der Waals surface area contributed by atoms with E-state index in [4.69, 9.17) is 32.7 Å². The lowest BCUT2D eigenvalue weighted by Crippen LogP contribution is -2.33. The van der Waals surface area contributed by atoms with Crippen molar-refractivity contribution in [2.24, 2.45) is 0 Å². The second-order valence-electron chi connectivity index (χ2n) is 3.16. The van der Waals surface area contributed by atoms with E-state index in [0.29, 0.717) is 12.5 Å². The summed E-state index contributed by atoms with van der Waals surface area (Å²) in [6.07, 6.45) is 3.79. The molecular weight excluding hydrogens is 211 g/mol. The molecule has 0 bridgehead atoms. The zero-order valence-electron chi connectivity index (χ0n) is 7.68. The minimum atomic E-state index is -0.203. The molecule has 2 nitrogen and oxygen atoms in total. The molecule has 1 heterocycles. The SMILES string of the molecule is ClCCCCOC1OCCCC1Cl. The van der Waals surface area contributed by atoms with Gasteiger partial charge >= 0.3 is 0 Å². The number of hydrogen-bond acceptors (Lipinski definition) is 2. The van der Waals surface area contributed by atoms with Gasteiger partial charge in [0.25, 0.3) is 0 Å². The molecule has 0 amide bonds. The number of ether oxygens (including phenoxy) is 2. The fourth-order valence-electron chi connectivity index (χ4n) is 1.27. The zero-order valence-corrected chi connectivity index (χ0v) is 9.19. The van der Waals surface area contributed by atoms with Crippen LogP contribution >= 0.6 is 23.2 Å². The van der Waals surface area contributed by atoms with Gasteiger partial charge in [0.05, 0.1) is 5.38 Å². The second kappa shape index (κ2) is 6.88. The number of hydrogen-bond donors (Lipinski definition) is 0. The van der Waals surface area contributed by atoms with Crippen LogP contribution in [0.15, 0.2) is 0 Å². The first-order valence-electron chi connectivity index (χ1n) is 4.78. The molecule has 0 radical (unpaired) electrons.